The summed E-state index contributed by atoms with van der Waals surface area (Å²) in [5.41, 5.74) is 1.16. The van der Waals surface area contributed by atoms with Crippen LogP contribution in [0.25, 0.3) is 0 Å². The van der Waals surface area contributed by atoms with Crippen molar-refractivity contribution in [2.45, 2.75) is 6.18 Å². The van der Waals surface area contributed by atoms with Crippen LogP contribution < -0.4 is 16.0 Å². The number of aromatic nitrogens is 1. The zero-order valence-electron chi connectivity index (χ0n) is 8.21. The maximum Gasteiger partial charge on any atom is 0.416 e. The monoisotopic (exact) mass is 233 g/mol. The number of alkyl halides is 3. The van der Waals surface area contributed by atoms with Crippen molar-refractivity contribution >= 4 is 5.82 Å². The normalized spacial score (nSPS) is 11.0. The molecule has 0 amide bonds. The van der Waals surface area contributed by atoms with Gasteiger partial charge in [-0.25, -0.2) is 5.84 Å². The van der Waals surface area contributed by atoms with E-state index in [0.29, 0.717) is 0 Å². The van der Waals surface area contributed by atoms with Crippen LogP contribution in [0.4, 0.5) is 19.0 Å². The number of pyridine rings is 1. The zero-order chi connectivity index (χ0) is 12.2. The van der Waals surface area contributed by atoms with Crippen molar-refractivity contribution in [3.63, 3.8) is 0 Å². The average molecular weight is 233 g/mol. The first kappa shape index (κ1) is 12.3. The molecule has 0 aliphatic heterocycles. The summed E-state index contributed by atoms with van der Waals surface area (Å²) in [7, 11) is 0. The molecule has 0 saturated carbocycles. The van der Waals surface area contributed by atoms with Crippen LogP contribution in [0.5, 0.6) is 5.88 Å². The quantitative estimate of drug-likeness (QED) is 0.474. The predicted molar refractivity (Wildman–Crippen MR) is 52.7 cm³/mol. The highest BCUT2D eigenvalue weighted by molar-refractivity contribution is 5.41. The molecule has 0 atom stereocenters. The molecular weight excluding hydrogens is 223 g/mol. The number of ether oxygens (including phenoxy) is 1. The highest BCUT2D eigenvalue weighted by Crippen LogP contribution is 2.32. The molecule has 0 spiro atoms. The minimum Gasteiger partial charge on any atom is -0.473 e. The third-order valence-electron chi connectivity index (χ3n) is 1.63. The second kappa shape index (κ2) is 4.84. The highest BCUT2D eigenvalue weighted by atomic mass is 19.4. The van der Waals surface area contributed by atoms with Gasteiger partial charge in [-0.1, -0.05) is 12.7 Å². The molecule has 1 heterocycles. The molecule has 0 fully saturated rings. The molecule has 1 aromatic rings. The van der Waals surface area contributed by atoms with E-state index >= 15 is 0 Å². The van der Waals surface area contributed by atoms with E-state index in [1.165, 1.54) is 6.08 Å². The zero-order valence-corrected chi connectivity index (χ0v) is 8.21. The molecule has 4 nitrogen and oxygen atoms in total. The largest absolute Gasteiger partial charge is 0.473 e. The Morgan fingerprint density at radius 2 is 2.19 bits per heavy atom. The molecule has 1 rings (SSSR count). The van der Waals surface area contributed by atoms with Gasteiger partial charge < -0.3 is 10.2 Å². The molecule has 1 aromatic heterocycles. The van der Waals surface area contributed by atoms with E-state index in [2.05, 4.69) is 11.6 Å². The molecule has 0 aliphatic rings. The van der Waals surface area contributed by atoms with E-state index in [4.69, 9.17) is 10.6 Å². The van der Waals surface area contributed by atoms with Crippen molar-refractivity contribution in [3.8, 4) is 5.88 Å². The van der Waals surface area contributed by atoms with Crippen LogP contribution in [-0.2, 0) is 6.18 Å². The van der Waals surface area contributed by atoms with E-state index in [9.17, 15) is 13.2 Å². The van der Waals surface area contributed by atoms with Gasteiger partial charge in [-0.2, -0.15) is 18.2 Å². The second-order valence-electron chi connectivity index (χ2n) is 2.82. The number of nitrogens with two attached hydrogens (primary N) is 1. The smallest absolute Gasteiger partial charge is 0.416 e. The summed E-state index contributed by atoms with van der Waals surface area (Å²) >= 11 is 0. The number of rotatable bonds is 4. The van der Waals surface area contributed by atoms with Crippen LogP contribution in [0.15, 0.2) is 24.8 Å². The van der Waals surface area contributed by atoms with Gasteiger partial charge in [0.1, 0.15) is 12.4 Å². The number of hydrazine groups is 1. The standard InChI is InChI=1S/C9H10F3N3O/c1-2-3-16-8-5-6(9(10,11)12)4-7(14-8)15-13/h2,4-5H,1,3,13H2,(H,14,15). The number of nitrogens with zero attached hydrogens (tertiary/aromatic N) is 1. The van der Waals surface area contributed by atoms with Gasteiger partial charge in [0.05, 0.1) is 5.56 Å². The van der Waals surface area contributed by atoms with E-state index in [0.717, 1.165) is 12.1 Å². The van der Waals surface area contributed by atoms with Crippen molar-refractivity contribution in [1.29, 1.82) is 0 Å². The summed E-state index contributed by atoms with van der Waals surface area (Å²) in [6.45, 7) is 3.44. The summed E-state index contributed by atoms with van der Waals surface area (Å²) in [5, 5.41) is 0. The first-order valence-corrected chi connectivity index (χ1v) is 4.27. The van der Waals surface area contributed by atoms with E-state index in [1.807, 2.05) is 5.43 Å². The molecule has 0 unspecified atom stereocenters. The third-order valence-corrected chi connectivity index (χ3v) is 1.63. The molecule has 16 heavy (non-hydrogen) atoms. The highest BCUT2D eigenvalue weighted by Gasteiger charge is 2.31. The van der Waals surface area contributed by atoms with Gasteiger partial charge in [0.2, 0.25) is 5.88 Å². The molecule has 0 bridgehead atoms. The summed E-state index contributed by atoms with van der Waals surface area (Å²) in [5.74, 6) is 4.72. The van der Waals surface area contributed by atoms with Crippen molar-refractivity contribution in [3.05, 3.63) is 30.4 Å². The van der Waals surface area contributed by atoms with E-state index < -0.39 is 11.7 Å². The van der Waals surface area contributed by atoms with Crippen molar-refractivity contribution in [2.75, 3.05) is 12.0 Å². The molecule has 0 saturated heterocycles. The predicted octanol–water partition coefficient (Wildman–Crippen LogP) is 1.95. The first-order valence-electron chi connectivity index (χ1n) is 4.27. The van der Waals surface area contributed by atoms with Gasteiger partial charge in [-0.3, -0.25) is 0 Å². The Morgan fingerprint density at radius 1 is 1.50 bits per heavy atom. The fourth-order valence-corrected chi connectivity index (χ4v) is 0.961. The lowest BCUT2D eigenvalue weighted by atomic mass is 10.2. The Kier molecular flexibility index (Phi) is 3.73. The van der Waals surface area contributed by atoms with Gasteiger partial charge in [-0.05, 0) is 6.07 Å². The Labute approximate surface area is 89.9 Å². The maximum atomic E-state index is 12.4. The third kappa shape index (κ3) is 3.13. The van der Waals surface area contributed by atoms with Crippen LogP contribution in [0.2, 0.25) is 0 Å². The molecule has 0 radical (unpaired) electrons. The summed E-state index contributed by atoms with van der Waals surface area (Å²) in [4.78, 5) is 3.70. The number of nitrogen functional groups attached to an aromatic ring is 1. The average Bonchev–Trinajstić information content (AvgIpc) is 2.24. The minimum atomic E-state index is -4.47. The van der Waals surface area contributed by atoms with Gasteiger partial charge in [0, 0.05) is 6.07 Å². The number of nitrogens with one attached hydrogen (secondary N) is 1. The lowest BCUT2D eigenvalue weighted by Gasteiger charge is -2.10. The van der Waals surface area contributed by atoms with Crippen molar-refractivity contribution < 1.29 is 17.9 Å². The SMILES string of the molecule is C=CCOc1cc(C(F)(F)F)cc(NN)n1. The maximum absolute atomic E-state index is 12.4. The Morgan fingerprint density at radius 3 is 2.69 bits per heavy atom. The van der Waals surface area contributed by atoms with Gasteiger partial charge in [0.25, 0.3) is 0 Å². The lowest BCUT2D eigenvalue weighted by molar-refractivity contribution is -0.137. The fraction of sp³-hybridized carbons (Fsp3) is 0.222. The van der Waals surface area contributed by atoms with Crippen LogP contribution in [0, 0.1) is 0 Å². The van der Waals surface area contributed by atoms with Crippen molar-refractivity contribution in [2.24, 2.45) is 5.84 Å². The van der Waals surface area contributed by atoms with Crippen LogP contribution >= 0.6 is 0 Å². The Hall–Kier alpha value is -1.76. The Balaban J connectivity index is 3.05. The number of hydrogen-bond acceptors (Lipinski definition) is 4. The summed E-state index contributed by atoms with van der Waals surface area (Å²) in [6, 6.07) is 1.59. The number of anilines is 1. The van der Waals surface area contributed by atoms with E-state index in [-0.39, 0.29) is 18.3 Å². The topological polar surface area (TPSA) is 60.2 Å². The number of hydrogen-bond donors (Lipinski definition) is 2. The number of halogens is 3. The van der Waals surface area contributed by atoms with Crippen LogP contribution in [0.3, 0.4) is 0 Å². The Bertz CT molecular complexity index is 379. The molecule has 7 heteroatoms. The van der Waals surface area contributed by atoms with Crippen LogP contribution in [-0.4, -0.2) is 11.6 Å². The second-order valence-corrected chi connectivity index (χ2v) is 2.82. The fourth-order valence-electron chi connectivity index (χ4n) is 0.961. The molecule has 88 valence electrons. The van der Waals surface area contributed by atoms with Gasteiger partial charge >= 0.3 is 6.18 Å². The van der Waals surface area contributed by atoms with Gasteiger partial charge in [0.15, 0.2) is 0 Å². The molecule has 3 N–H and O–H groups in total. The molecule has 0 aliphatic carbocycles. The first-order chi connectivity index (χ1) is 7.47. The summed E-state index contributed by atoms with van der Waals surface area (Å²) < 4.78 is 42.2. The van der Waals surface area contributed by atoms with E-state index in [1.54, 1.807) is 0 Å². The van der Waals surface area contributed by atoms with Gasteiger partial charge in [-0.15, -0.1) is 0 Å². The van der Waals surface area contributed by atoms with Crippen molar-refractivity contribution in [1.82, 2.24) is 4.98 Å². The molecular formula is C9H10F3N3O. The minimum absolute atomic E-state index is 0.0678. The summed E-state index contributed by atoms with van der Waals surface area (Å²) in [6.07, 6.45) is -3.07. The van der Waals surface area contributed by atoms with Crippen LogP contribution in [0.1, 0.15) is 5.56 Å². The lowest BCUT2D eigenvalue weighted by Crippen LogP contribution is -2.13. The molecule has 0 aromatic carbocycles.